The molecule has 0 spiro atoms. The lowest BCUT2D eigenvalue weighted by atomic mass is 9.87. The smallest absolute Gasteiger partial charge is 0.0546 e. The van der Waals surface area contributed by atoms with Gasteiger partial charge >= 0.3 is 0 Å². The molecule has 0 aromatic heterocycles. The zero-order valence-corrected chi connectivity index (χ0v) is 11.0. The van der Waals surface area contributed by atoms with Gasteiger partial charge in [0.1, 0.15) is 0 Å². The van der Waals surface area contributed by atoms with Gasteiger partial charge < -0.3 is 5.32 Å². The van der Waals surface area contributed by atoms with Crippen molar-refractivity contribution in [2.24, 2.45) is 5.92 Å². The average Bonchev–Trinajstić information content (AvgIpc) is 2.49. The fourth-order valence-corrected chi connectivity index (χ4v) is 4.90. The van der Waals surface area contributed by atoms with Crippen molar-refractivity contribution in [2.75, 3.05) is 12.3 Å². The summed E-state index contributed by atoms with van der Waals surface area (Å²) in [6.07, 6.45) is 2.15. The van der Waals surface area contributed by atoms with Crippen LogP contribution in [0.3, 0.4) is 0 Å². The molecule has 0 radical (unpaired) electrons. The Bertz CT molecular complexity index is 446. The molecular formula is C14H19NOS. The highest BCUT2D eigenvalue weighted by molar-refractivity contribution is 7.85. The highest BCUT2D eigenvalue weighted by Gasteiger charge is 2.35. The Kier molecular flexibility index (Phi) is 3.05. The summed E-state index contributed by atoms with van der Waals surface area (Å²) >= 11 is 0. The van der Waals surface area contributed by atoms with Crippen LogP contribution in [0.25, 0.3) is 0 Å². The van der Waals surface area contributed by atoms with Crippen LogP contribution < -0.4 is 5.32 Å². The van der Waals surface area contributed by atoms with E-state index < -0.39 is 10.8 Å². The van der Waals surface area contributed by atoms with Gasteiger partial charge in [0, 0.05) is 22.6 Å². The van der Waals surface area contributed by atoms with Crippen molar-refractivity contribution >= 4 is 10.8 Å². The molecule has 1 aliphatic heterocycles. The Labute approximate surface area is 105 Å². The fraction of sp³-hybridized carbons (Fsp3) is 0.571. The maximum absolute atomic E-state index is 12.3. The summed E-state index contributed by atoms with van der Waals surface area (Å²) < 4.78 is 12.3. The van der Waals surface area contributed by atoms with Crippen LogP contribution in [0.2, 0.25) is 0 Å². The van der Waals surface area contributed by atoms with Crippen LogP contribution in [-0.2, 0) is 17.2 Å². The van der Waals surface area contributed by atoms with Crippen molar-refractivity contribution in [2.45, 2.75) is 31.1 Å². The topological polar surface area (TPSA) is 29.1 Å². The lowest BCUT2D eigenvalue weighted by Gasteiger charge is -2.31. The van der Waals surface area contributed by atoms with Gasteiger partial charge in [0.2, 0.25) is 0 Å². The quantitative estimate of drug-likeness (QED) is 0.762. The second-order valence-corrected chi connectivity index (χ2v) is 7.01. The molecule has 1 heterocycles. The SMILES string of the molecule is CC1CNC2c3ccccc3CCC2S(=O)C1. The zero-order chi connectivity index (χ0) is 11.8. The maximum atomic E-state index is 12.3. The molecule has 4 unspecified atom stereocenters. The standard InChI is InChI=1S/C14H19NOS/c1-10-8-15-14-12-5-3-2-4-11(12)6-7-13(14)17(16)9-10/h2-5,10,13-15H,6-9H2,1H3. The third kappa shape index (κ3) is 2.06. The molecule has 1 aromatic carbocycles. The maximum Gasteiger partial charge on any atom is 0.0546 e. The largest absolute Gasteiger partial charge is 0.309 e. The van der Waals surface area contributed by atoms with Crippen LogP contribution in [0.4, 0.5) is 0 Å². The van der Waals surface area contributed by atoms with E-state index in [1.807, 2.05) is 0 Å². The van der Waals surface area contributed by atoms with Crippen LogP contribution in [0.15, 0.2) is 24.3 Å². The molecule has 1 aliphatic carbocycles. The molecule has 2 aliphatic rings. The van der Waals surface area contributed by atoms with Crippen molar-refractivity contribution in [1.82, 2.24) is 5.32 Å². The minimum Gasteiger partial charge on any atom is -0.309 e. The molecular weight excluding hydrogens is 230 g/mol. The Morgan fingerprint density at radius 2 is 2.18 bits per heavy atom. The highest BCUT2D eigenvalue weighted by Crippen LogP contribution is 2.34. The molecule has 17 heavy (non-hydrogen) atoms. The molecule has 4 atom stereocenters. The van der Waals surface area contributed by atoms with Gasteiger partial charge in [-0.3, -0.25) is 4.21 Å². The monoisotopic (exact) mass is 249 g/mol. The predicted octanol–water partition coefficient (Wildman–Crippen LogP) is 2.03. The van der Waals surface area contributed by atoms with Gasteiger partial charge in [0.05, 0.1) is 5.25 Å². The van der Waals surface area contributed by atoms with Gasteiger partial charge in [-0.15, -0.1) is 0 Å². The second kappa shape index (κ2) is 4.54. The average molecular weight is 249 g/mol. The van der Waals surface area contributed by atoms with Crippen LogP contribution in [0.5, 0.6) is 0 Å². The number of hydrogen-bond donors (Lipinski definition) is 1. The van der Waals surface area contributed by atoms with E-state index in [1.165, 1.54) is 11.1 Å². The van der Waals surface area contributed by atoms with Crippen LogP contribution in [0, 0.1) is 5.92 Å². The summed E-state index contributed by atoms with van der Waals surface area (Å²) in [5.41, 5.74) is 2.82. The summed E-state index contributed by atoms with van der Waals surface area (Å²) in [4.78, 5) is 0. The number of benzene rings is 1. The van der Waals surface area contributed by atoms with Gasteiger partial charge in [0.25, 0.3) is 0 Å². The number of nitrogens with one attached hydrogen (secondary N) is 1. The Hall–Kier alpha value is -0.670. The van der Waals surface area contributed by atoms with Crippen molar-refractivity contribution in [1.29, 1.82) is 0 Å². The van der Waals surface area contributed by atoms with Crippen LogP contribution in [-0.4, -0.2) is 21.8 Å². The van der Waals surface area contributed by atoms with Gasteiger partial charge in [-0.1, -0.05) is 31.2 Å². The van der Waals surface area contributed by atoms with E-state index >= 15 is 0 Å². The van der Waals surface area contributed by atoms with E-state index in [-0.39, 0.29) is 0 Å². The Morgan fingerprint density at radius 1 is 1.35 bits per heavy atom. The first kappa shape index (κ1) is 11.4. The second-order valence-electron chi connectivity index (χ2n) is 5.31. The molecule has 1 aromatic rings. The first-order chi connectivity index (χ1) is 8.25. The summed E-state index contributed by atoms with van der Waals surface area (Å²) in [5, 5.41) is 3.94. The fourth-order valence-electron chi connectivity index (χ4n) is 3.05. The molecule has 2 nitrogen and oxygen atoms in total. The van der Waals surface area contributed by atoms with E-state index in [4.69, 9.17) is 0 Å². The number of fused-ring (bicyclic) bond motifs is 3. The zero-order valence-electron chi connectivity index (χ0n) is 10.2. The van der Waals surface area contributed by atoms with Crippen molar-refractivity contribution in [3.63, 3.8) is 0 Å². The molecule has 0 amide bonds. The minimum atomic E-state index is -0.674. The molecule has 0 saturated carbocycles. The summed E-state index contributed by atoms with van der Waals surface area (Å²) in [6.45, 7) is 3.18. The molecule has 3 rings (SSSR count). The molecule has 92 valence electrons. The van der Waals surface area contributed by atoms with Gasteiger partial charge in [0.15, 0.2) is 0 Å². The lowest BCUT2D eigenvalue weighted by molar-refractivity contribution is 0.450. The van der Waals surface area contributed by atoms with Crippen molar-refractivity contribution in [3.8, 4) is 0 Å². The summed E-state index contributed by atoms with van der Waals surface area (Å²) in [5.74, 6) is 1.38. The molecule has 1 fully saturated rings. The third-order valence-electron chi connectivity index (χ3n) is 3.93. The van der Waals surface area contributed by atoms with Crippen molar-refractivity contribution < 1.29 is 4.21 Å². The molecule has 1 saturated heterocycles. The normalized spacial score (nSPS) is 36.8. The first-order valence-corrected chi connectivity index (χ1v) is 7.82. The summed E-state index contributed by atoms with van der Waals surface area (Å²) in [6, 6.07) is 8.93. The van der Waals surface area contributed by atoms with Crippen LogP contribution in [0.1, 0.15) is 30.5 Å². The van der Waals surface area contributed by atoms with Crippen LogP contribution >= 0.6 is 0 Å². The Balaban J connectivity index is 1.98. The van der Waals surface area contributed by atoms with E-state index in [0.717, 1.165) is 25.1 Å². The number of hydrogen-bond acceptors (Lipinski definition) is 2. The molecule has 0 bridgehead atoms. The number of rotatable bonds is 0. The molecule has 1 N–H and O–H groups in total. The lowest BCUT2D eigenvalue weighted by Crippen LogP contribution is -2.36. The predicted molar refractivity (Wildman–Crippen MR) is 71.5 cm³/mol. The number of aryl methyl sites for hydroxylation is 1. The van der Waals surface area contributed by atoms with E-state index in [2.05, 4.69) is 36.5 Å². The van der Waals surface area contributed by atoms with E-state index in [0.29, 0.717) is 17.2 Å². The van der Waals surface area contributed by atoms with Gasteiger partial charge in [-0.2, -0.15) is 0 Å². The van der Waals surface area contributed by atoms with Crippen molar-refractivity contribution in [3.05, 3.63) is 35.4 Å². The Morgan fingerprint density at radius 3 is 3.06 bits per heavy atom. The minimum absolute atomic E-state index is 0.311. The van der Waals surface area contributed by atoms with E-state index in [1.54, 1.807) is 0 Å². The van der Waals surface area contributed by atoms with Gasteiger partial charge in [-0.25, -0.2) is 0 Å². The van der Waals surface area contributed by atoms with E-state index in [9.17, 15) is 4.21 Å². The highest BCUT2D eigenvalue weighted by atomic mass is 32.2. The first-order valence-electron chi connectivity index (χ1n) is 6.44. The summed E-state index contributed by atoms with van der Waals surface area (Å²) in [7, 11) is -0.674. The molecule has 3 heteroatoms. The van der Waals surface area contributed by atoms with Gasteiger partial charge in [-0.05, 0) is 36.4 Å². The third-order valence-corrected chi connectivity index (χ3v) is 6.01.